The summed E-state index contributed by atoms with van der Waals surface area (Å²) in [4.78, 5) is 21.9. The molecule has 2 amide bonds. The molecule has 0 saturated heterocycles. The summed E-state index contributed by atoms with van der Waals surface area (Å²) in [5, 5.41) is 0. The van der Waals surface area contributed by atoms with Gasteiger partial charge in [0, 0.05) is 12.2 Å². The molecule has 1 radical (unpaired) electrons. The first kappa shape index (κ1) is 6.03. The fourth-order valence-electron chi connectivity index (χ4n) is 0.559. The zero-order chi connectivity index (χ0) is 6.85. The van der Waals surface area contributed by atoms with E-state index in [4.69, 9.17) is 5.64 Å². The van der Waals surface area contributed by atoms with Crippen molar-refractivity contribution >= 4 is 19.4 Å². The summed E-state index contributed by atoms with van der Waals surface area (Å²) in [5.74, 6) is -0.773. The minimum atomic E-state index is -0.387. The van der Waals surface area contributed by atoms with Gasteiger partial charge < -0.3 is 10.5 Å². The maximum absolute atomic E-state index is 10.5. The van der Waals surface area contributed by atoms with Crippen LogP contribution in [0.5, 0.6) is 0 Å². The molecule has 9 heavy (non-hydrogen) atoms. The van der Waals surface area contributed by atoms with Gasteiger partial charge in [-0.15, -0.1) is 0 Å². The van der Waals surface area contributed by atoms with E-state index >= 15 is 0 Å². The molecule has 1 rings (SSSR count). The van der Waals surface area contributed by atoms with Gasteiger partial charge in [-0.2, -0.15) is 0 Å². The third kappa shape index (κ3) is 0.859. The molecule has 0 bridgehead atoms. The van der Waals surface area contributed by atoms with Gasteiger partial charge in [-0.3, -0.25) is 9.59 Å². The highest BCUT2D eigenvalue weighted by Crippen LogP contribution is 1.98. The van der Waals surface area contributed by atoms with Gasteiger partial charge in [0.05, 0.1) is 0 Å². The molecule has 0 saturated carbocycles. The molecule has 4 nitrogen and oxygen atoms in total. The number of nitrogens with two attached hydrogens (primary N) is 1. The van der Waals surface area contributed by atoms with Crippen LogP contribution in [0.2, 0.25) is 0 Å². The number of amides is 2. The molecule has 0 aromatic rings. The lowest BCUT2D eigenvalue weighted by molar-refractivity contribution is -0.131. The average molecular weight is 123 g/mol. The monoisotopic (exact) mass is 123 g/mol. The minimum absolute atomic E-state index is 0.387. The molecule has 1 aliphatic heterocycles. The van der Waals surface area contributed by atoms with Gasteiger partial charge in [0.15, 0.2) is 0 Å². The fourth-order valence-corrected chi connectivity index (χ4v) is 0.559. The van der Waals surface area contributed by atoms with E-state index in [1.54, 1.807) is 0 Å². The van der Waals surface area contributed by atoms with Crippen LogP contribution in [-0.2, 0) is 9.59 Å². The SMILES string of the molecule is N[B]N1C(=O)C=CC1=O. The van der Waals surface area contributed by atoms with E-state index in [2.05, 4.69) is 0 Å². The molecular weight excluding hydrogens is 119 g/mol. The molecule has 45 valence electrons. The summed E-state index contributed by atoms with van der Waals surface area (Å²) in [6.45, 7) is 0. The maximum atomic E-state index is 10.5. The van der Waals surface area contributed by atoms with Crippen LogP contribution >= 0.6 is 0 Å². The number of nitrogens with zero attached hydrogens (tertiary/aromatic N) is 1. The second kappa shape index (κ2) is 2.02. The quantitative estimate of drug-likeness (QED) is 0.337. The molecular formula is C4H4BN2O2. The van der Waals surface area contributed by atoms with E-state index in [1.165, 1.54) is 12.2 Å². The van der Waals surface area contributed by atoms with Crippen LogP contribution in [0.25, 0.3) is 0 Å². The van der Waals surface area contributed by atoms with E-state index in [9.17, 15) is 9.59 Å². The van der Waals surface area contributed by atoms with Crippen molar-refractivity contribution in [3.05, 3.63) is 12.2 Å². The molecule has 0 aromatic heterocycles. The number of carbonyl (C=O) groups is 2. The van der Waals surface area contributed by atoms with Crippen LogP contribution < -0.4 is 5.64 Å². The van der Waals surface area contributed by atoms with Crippen molar-refractivity contribution in [1.82, 2.24) is 4.81 Å². The molecule has 1 aliphatic rings. The van der Waals surface area contributed by atoms with Crippen LogP contribution in [0.1, 0.15) is 0 Å². The maximum Gasteiger partial charge on any atom is 0.357 e. The third-order valence-electron chi connectivity index (χ3n) is 0.992. The highest BCUT2D eigenvalue weighted by atomic mass is 16.2. The normalized spacial score (nSPS) is 17.2. The second-order valence-electron chi connectivity index (χ2n) is 1.53. The van der Waals surface area contributed by atoms with E-state index in [-0.39, 0.29) is 11.8 Å². The Kier molecular flexibility index (Phi) is 1.36. The van der Waals surface area contributed by atoms with Crippen molar-refractivity contribution < 1.29 is 9.59 Å². The summed E-state index contributed by atoms with van der Waals surface area (Å²) < 4.78 is 0. The van der Waals surface area contributed by atoms with Gasteiger partial charge in [0.25, 0.3) is 0 Å². The highest BCUT2D eigenvalue weighted by molar-refractivity contribution is 6.43. The summed E-state index contributed by atoms with van der Waals surface area (Å²) >= 11 is 0. The smallest absolute Gasteiger partial charge is 0.353 e. The summed E-state index contributed by atoms with van der Waals surface area (Å²) in [5.41, 5.74) is 4.93. The van der Waals surface area contributed by atoms with Crippen molar-refractivity contribution in [3.8, 4) is 0 Å². The molecule has 0 unspecified atom stereocenters. The summed E-state index contributed by atoms with van der Waals surface area (Å²) in [6.07, 6.45) is 2.34. The van der Waals surface area contributed by atoms with Crippen LogP contribution in [0.3, 0.4) is 0 Å². The van der Waals surface area contributed by atoms with E-state index in [0.29, 0.717) is 0 Å². The van der Waals surface area contributed by atoms with Crippen molar-refractivity contribution in [2.75, 3.05) is 0 Å². The first-order valence-electron chi connectivity index (χ1n) is 2.36. The van der Waals surface area contributed by atoms with Gasteiger partial charge >= 0.3 is 7.55 Å². The van der Waals surface area contributed by atoms with Crippen molar-refractivity contribution in [2.24, 2.45) is 5.64 Å². The van der Waals surface area contributed by atoms with Gasteiger partial charge in [-0.05, 0) is 0 Å². The number of hydrogen-bond donors (Lipinski definition) is 1. The lowest BCUT2D eigenvalue weighted by Gasteiger charge is -2.06. The minimum Gasteiger partial charge on any atom is -0.353 e. The van der Waals surface area contributed by atoms with Crippen LogP contribution in [0.15, 0.2) is 12.2 Å². The van der Waals surface area contributed by atoms with Crippen molar-refractivity contribution in [3.63, 3.8) is 0 Å². The number of hydrogen-bond acceptors (Lipinski definition) is 3. The Balaban J connectivity index is 2.75. The first-order chi connectivity index (χ1) is 4.25. The summed E-state index contributed by atoms with van der Waals surface area (Å²) in [6, 6.07) is 0. The van der Waals surface area contributed by atoms with Gasteiger partial charge in [-0.25, -0.2) is 0 Å². The van der Waals surface area contributed by atoms with E-state index < -0.39 is 0 Å². The van der Waals surface area contributed by atoms with Crippen molar-refractivity contribution in [2.45, 2.75) is 0 Å². The lowest BCUT2D eigenvalue weighted by Crippen LogP contribution is -2.38. The standard InChI is InChI=1S/C4H4BN2O2/c6-5-7-3(8)1-2-4(7)9/h1-2H,6H2. The predicted molar refractivity (Wildman–Crippen MR) is 30.9 cm³/mol. The first-order valence-corrected chi connectivity index (χ1v) is 2.36. The Morgan fingerprint density at radius 2 is 1.78 bits per heavy atom. The second-order valence-corrected chi connectivity index (χ2v) is 1.53. The highest BCUT2D eigenvalue weighted by Gasteiger charge is 2.21. The van der Waals surface area contributed by atoms with Gasteiger partial charge in [0.1, 0.15) is 0 Å². The Hall–Kier alpha value is -1.10. The Labute approximate surface area is 52.6 Å². The molecule has 5 heteroatoms. The topological polar surface area (TPSA) is 63.4 Å². The predicted octanol–water partition coefficient (Wildman–Crippen LogP) is -1.60. The Morgan fingerprint density at radius 1 is 1.33 bits per heavy atom. The molecule has 0 atom stereocenters. The zero-order valence-corrected chi connectivity index (χ0v) is 4.57. The van der Waals surface area contributed by atoms with Crippen molar-refractivity contribution in [1.29, 1.82) is 0 Å². The van der Waals surface area contributed by atoms with Gasteiger partial charge in [0.2, 0.25) is 11.8 Å². The van der Waals surface area contributed by atoms with Crippen LogP contribution in [0.4, 0.5) is 0 Å². The molecule has 0 spiro atoms. The Morgan fingerprint density at radius 3 is 2.00 bits per heavy atom. The number of rotatable bonds is 1. The number of carbonyl (C=O) groups excluding carboxylic acids is 2. The van der Waals surface area contributed by atoms with Crippen LogP contribution in [-0.4, -0.2) is 24.2 Å². The van der Waals surface area contributed by atoms with Crippen LogP contribution in [0, 0.1) is 0 Å². The van der Waals surface area contributed by atoms with E-state index in [1.807, 2.05) is 0 Å². The fraction of sp³-hybridized carbons (Fsp3) is 0. The van der Waals surface area contributed by atoms with Gasteiger partial charge in [-0.1, -0.05) is 0 Å². The Bertz CT molecular complexity index is 171. The van der Waals surface area contributed by atoms with E-state index in [0.717, 1.165) is 12.4 Å². The average Bonchev–Trinajstić information content (AvgIpc) is 2.12. The number of imide groups is 1. The largest absolute Gasteiger partial charge is 0.357 e. The molecule has 0 aromatic carbocycles. The molecule has 2 N–H and O–H groups in total. The lowest BCUT2D eigenvalue weighted by atomic mass is 10.1. The summed E-state index contributed by atoms with van der Waals surface area (Å²) in [7, 11) is 0.949. The third-order valence-corrected chi connectivity index (χ3v) is 0.992. The molecule has 1 heterocycles. The molecule has 0 aliphatic carbocycles. The zero-order valence-electron chi connectivity index (χ0n) is 4.57. The molecule has 0 fully saturated rings.